The van der Waals surface area contributed by atoms with Gasteiger partial charge in [0.25, 0.3) is 0 Å². The summed E-state index contributed by atoms with van der Waals surface area (Å²) >= 11 is 0. The number of carbonyl (C=O) groups excluding carboxylic acids is 1. The van der Waals surface area contributed by atoms with Crippen LogP contribution in [-0.2, 0) is 4.79 Å². The summed E-state index contributed by atoms with van der Waals surface area (Å²) in [6.07, 6.45) is 0. The molecule has 0 unspecified atom stereocenters. The minimum atomic E-state index is -0.499. The van der Waals surface area contributed by atoms with Gasteiger partial charge in [0.2, 0.25) is 5.75 Å². The van der Waals surface area contributed by atoms with Crippen molar-refractivity contribution in [1.29, 1.82) is 0 Å². The Kier molecular flexibility index (Phi) is 3.38. The van der Waals surface area contributed by atoms with Crippen molar-refractivity contribution in [1.82, 2.24) is 0 Å². The van der Waals surface area contributed by atoms with Gasteiger partial charge < -0.3 is 19.3 Å². The maximum atomic E-state index is 10.8. The van der Waals surface area contributed by atoms with Crippen LogP contribution in [0.15, 0.2) is 12.1 Å². The second-order valence-corrected chi connectivity index (χ2v) is 2.77. The second kappa shape index (κ2) is 4.54. The molecule has 1 N–H and O–H groups in total. The van der Waals surface area contributed by atoms with Gasteiger partial charge in [0.1, 0.15) is 5.75 Å². The highest BCUT2D eigenvalue weighted by Crippen LogP contribution is 2.40. The average Bonchev–Trinajstić information content (AvgIpc) is 2.16. The Hall–Kier alpha value is -1.91. The fraction of sp³-hybridized carbons (Fsp3) is 0.300. The number of ether oxygens (including phenoxy) is 3. The zero-order chi connectivity index (χ0) is 11.4. The lowest BCUT2D eigenvalue weighted by atomic mass is 10.2. The first kappa shape index (κ1) is 11.2. The van der Waals surface area contributed by atoms with Crippen LogP contribution in [0.25, 0.3) is 0 Å². The van der Waals surface area contributed by atoms with Gasteiger partial charge >= 0.3 is 5.97 Å². The molecule has 1 rings (SSSR count). The molecular formula is C10H12O5. The third kappa shape index (κ3) is 2.52. The minimum Gasteiger partial charge on any atom is -0.504 e. The van der Waals surface area contributed by atoms with E-state index in [4.69, 9.17) is 14.2 Å². The molecule has 0 amide bonds. The van der Waals surface area contributed by atoms with Crippen molar-refractivity contribution in [3.8, 4) is 23.0 Å². The Morgan fingerprint density at radius 2 is 1.93 bits per heavy atom. The number of esters is 1. The number of hydrogen-bond acceptors (Lipinski definition) is 5. The first-order valence-corrected chi connectivity index (χ1v) is 4.22. The van der Waals surface area contributed by atoms with Crippen LogP contribution in [0, 0.1) is 0 Å². The summed E-state index contributed by atoms with van der Waals surface area (Å²) in [7, 11) is 2.81. The van der Waals surface area contributed by atoms with Crippen molar-refractivity contribution in [3.05, 3.63) is 12.1 Å². The second-order valence-electron chi connectivity index (χ2n) is 2.77. The summed E-state index contributed by atoms with van der Waals surface area (Å²) in [5.41, 5.74) is 0. The number of aromatic hydroxyl groups is 1. The van der Waals surface area contributed by atoms with Crippen molar-refractivity contribution in [3.63, 3.8) is 0 Å². The lowest BCUT2D eigenvalue weighted by Gasteiger charge is -2.11. The first-order chi connectivity index (χ1) is 7.08. The SMILES string of the molecule is COc1cc(O)c(OC)c(OC(C)=O)c1. The number of carbonyl (C=O) groups is 1. The monoisotopic (exact) mass is 212 g/mol. The molecular weight excluding hydrogens is 200 g/mol. The molecule has 5 nitrogen and oxygen atoms in total. The zero-order valence-electron chi connectivity index (χ0n) is 8.73. The van der Waals surface area contributed by atoms with Crippen LogP contribution < -0.4 is 14.2 Å². The van der Waals surface area contributed by atoms with E-state index in [0.717, 1.165) is 0 Å². The van der Waals surface area contributed by atoms with Gasteiger partial charge in [-0.1, -0.05) is 0 Å². The van der Waals surface area contributed by atoms with Gasteiger partial charge in [-0.05, 0) is 0 Å². The first-order valence-electron chi connectivity index (χ1n) is 4.22. The van der Waals surface area contributed by atoms with Crippen molar-refractivity contribution in [2.24, 2.45) is 0 Å². The number of rotatable bonds is 3. The largest absolute Gasteiger partial charge is 0.504 e. The summed E-state index contributed by atoms with van der Waals surface area (Å²) in [5.74, 6) is -0.0357. The molecule has 0 saturated heterocycles. The molecule has 1 aromatic rings. The molecule has 15 heavy (non-hydrogen) atoms. The Bertz CT molecular complexity index is 372. The summed E-state index contributed by atoms with van der Waals surface area (Å²) in [6, 6.07) is 2.83. The molecule has 0 radical (unpaired) electrons. The number of methoxy groups -OCH3 is 2. The molecule has 0 aliphatic heterocycles. The molecule has 5 heteroatoms. The third-order valence-corrected chi connectivity index (χ3v) is 1.70. The lowest BCUT2D eigenvalue weighted by molar-refractivity contribution is -0.132. The number of hydrogen-bond donors (Lipinski definition) is 1. The van der Waals surface area contributed by atoms with E-state index < -0.39 is 5.97 Å². The maximum absolute atomic E-state index is 10.8. The smallest absolute Gasteiger partial charge is 0.308 e. The van der Waals surface area contributed by atoms with Crippen LogP contribution in [0.1, 0.15) is 6.92 Å². The normalized spacial score (nSPS) is 9.53. The van der Waals surface area contributed by atoms with E-state index in [1.54, 1.807) is 0 Å². The van der Waals surface area contributed by atoms with E-state index in [0.29, 0.717) is 5.75 Å². The van der Waals surface area contributed by atoms with Crippen molar-refractivity contribution in [2.75, 3.05) is 14.2 Å². The molecule has 0 spiro atoms. The fourth-order valence-corrected chi connectivity index (χ4v) is 1.12. The molecule has 0 aliphatic carbocycles. The lowest BCUT2D eigenvalue weighted by Crippen LogP contribution is -2.03. The molecule has 82 valence electrons. The predicted octanol–water partition coefficient (Wildman–Crippen LogP) is 1.33. The molecule has 0 bridgehead atoms. The summed E-state index contributed by atoms with van der Waals surface area (Å²) in [5, 5.41) is 9.52. The quantitative estimate of drug-likeness (QED) is 0.605. The molecule has 1 aromatic carbocycles. The van der Waals surface area contributed by atoms with E-state index >= 15 is 0 Å². The van der Waals surface area contributed by atoms with Crippen LogP contribution in [0.3, 0.4) is 0 Å². The fourth-order valence-electron chi connectivity index (χ4n) is 1.12. The maximum Gasteiger partial charge on any atom is 0.308 e. The van der Waals surface area contributed by atoms with Crippen LogP contribution >= 0.6 is 0 Å². The van der Waals surface area contributed by atoms with Gasteiger partial charge in [-0.2, -0.15) is 0 Å². The van der Waals surface area contributed by atoms with Crippen molar-refractivity contribution < 1.29 is 24.1 Å². The highest BCUT2D eigenvalue weighted by atomic mass is 16.6. The van der Waals surface area contributed by atoms with Gasteiger partial charge in [-0.25, -0.2) is 0 Å². The van der Waals surface area contributed by atoms with Crippen LogP contribution in [-0.4, -0.2) is 25.3 Å². The van der Waals surface area contributed by atoms with Crippen LogP contribution in [0.2, 0.25) is 0 Å². The molecule has 0 atom stereocenters. The van der Waals surface area contributed by atoms with E-state index in [-0.39, 0.29) is 17.2 Å². The summed E-state index contributed by atoms with van der Waals surface area (Å²) in [6.45, 7) is 1.26. The van der Waals surface area contributed by atoms with Crippen molar-refractivity contribution in [2.45, 2.75) is 6.92 Å². The molecule has 0 aromatic heterocycles. The van der Waals surface area contributed by atoms with Gasteiger partial charge in [-0.15, -0.1) is 0 Å². The van der Waals surface area contributed by atoms with E-state index in [1.165, 1.54) is 33.3 Å². The predicted molar refractivity (Wildman–Crippen MR) is 52.5 cm³/mol. The third-order valence-electron chi connectivity index (χ3n) is 1.70. The number of phenolic OH excluding ortho intramolecular Hbond substituents is 1. The minimum absolute atomic E-state index is 0.103. The van der Waals surface area contributed by atoms with Gasteiger partial charge in [-0.3, -0.25) is 4.79 Å². The highest BCUT2D eigenvalue weighted by Gasteiger charge is 2.14. The van der Waals surface area contributed by atoms with E-state index in [9.17, 15) is 9.90 Å². The summed E-state index contributed by atoms with van der Waals surface area (Å²) < 4.78 is 14.7. The Balaban J connectivity index is 3.19. The van der Waals surface area contributed by atoms with E-state index in [1.807, 2.05) is 0 Å². The molecule has 0 aliphatic rings. The van der Waals surface area contributed by atoms with Crippen LogP contribution in [0.5, 0.6) is 23.0 Å². The molecule has 0 heterocycles. The number of phenols is 1. The zero-order valence-corrected chi connectivity index (χ0v) is 8.73. The highest BCUT2D eigenvalue weighted by molar-refractivity contribution is 5.71. The average molecular weight is 212 g/mol. The van der Waals surface area contributed by atoms with E-state index in [2.05, 4.69) is 0 Å². The molecule has 0 saturated carbocycles. The van der Waals surface area contributed by atoms with Crippen molar-refractivity contribution >= 4 is 5.97 Å². The summed E-state index contributed by atoms with van der Waals surface area (Å²) in [4.78, 5) is 10.8. The Morgan fingerprint density at radius 3 is 2.40 bits per heavy atom. The number of benzene rings is 1. The van der Waals surface area contributed by atoms with Crippen LogP contribution in [0.4, 0.5) is 0 Å². The van der Waals surface area contributed by atoms with Gasteiger partial charge in [0.05, 0.1) is 14.2 Å². The molecule has 0 fully saturated rings. The topological polar surface area (TPSA) is 65.0 Å². The Labute approximate surface area is 87.2 Å². The standard InChI is InChI=1S/C10H12O5/c1-6(11)15-9-5-7(13-2)4-8(12)10(9)14-3/h4-5,12H,1-3H3. The van der Waals surface area contributed by atoms with Gasteiger partial charge in [0, 0.05) is 19.1 Å². The van der Waals surface area contributed by atoms with Gasteiger partial charge in [0.15, 0.2) is 11.5 Å². The Morgan fingerprint density at radius 1 is 1.27 bits per heavy atom.